The van der Waals surface area contributed by atoms with Gasteiger partial charge in [-0.3, -0.25) is 0 Å². The summed E-state index contributed by atoms with van der Waals surface area (Å²) in [5.41, 5.74) is 3.67. The molecule has 3 aliphatic rings. The zero-order valence-corrected chi connectivity index (χ0v) is 15.5. The van der Waals surface area contributed by atoms with Crippen molar-refractivity contribution in [3.05, 3.63) is 29.3 Å². The summed E-state index contributed by atoms with van der Waals surface area (Å²) in [6, 6.07) is 6.82. The molecule has 2 fully saturated rings. The fourth-order valence-corrected chi connectivity index (χ4v) is 6.47. The van der Waals surface area contributed by atoms with Crippen LogP contribution < -0.4 is 4.74 Å². The molecule has 0 spiro atoms. The molecule has 4 rings (SSSR count). The Labute approximate surface area is 146 Å². The fourth-order valence-electron chi connectivity index (χ4n) is 6.47. The van der Waals surface area contributed by atoms with E-state index in [9.17, 15) is 0 Å². The van der Waals surface area contributed by atoms with Gasteiger partial charge in [0.25, 0.3) is 0 Å². The largest absolute Gasteiger partial charge is 0.497 e. The normalized spacial score (nSPS) is 38.0. The number of aryl methyl sites for hydroxylation is 1. The molecule has 0 N–H and O–H groups in total. The highest BCUT2D eigenvalue weighted by Crippen LogP contribution is 2.61. The highest BCUT2D eigenvalue weighted by Gasteiger charge is 2.52. The summed E-state index contributed by atoms with van der Waals surface area (Å²) in [5, 5.41) is 0. The summed E-state index contributed by atoms with van der Waals surface area (Å²) in [6.45, 7) is 3.54. The second-order valence-corrected chi connectivity index (χ2v) is 8.61. The molecule has 2 heteroatoms. The molecule has 2 saturated carbocycles. The highest BCUT2D eigenvalue weighted by atomic mass is 16.5. The average molecular weight is 328 g/mol. The van der Waals surface area contributed by atoms with E-state index in [4.69, 9.17) is 9.47 Å². The molecule has 0 aromatic heterocycles. The molecule has 3 aliphatic carbocycles. The van der Waals surface area contributed by atoms with Gasteiger partial charge in [0, 0.05) is 13.7 Å². The van der Waals surface area contributed by atoms with Crippen LogP contribution in [0.1, 0.15) is 62.5 Å². The van der Waals surface area contributed by atoms with E-state index in [0.29, 0.717) is 5.41 Å². The Balaban J connectivity index is 1.63. The maximum atomic E-state index is 5.60. The van der Waals surface area contributed by atoms with Crippen LogP contribution >= 0.6 is 0 Å². The smallest absolute Gasteiger partial charge is 0.119 e. The molecule has 24 heavy (non-hydrogen) atoms. The Morgan fingerprint density at radius 1 is 1.12 bits per heavy atom. The summed E-state index contributed by atoms with van der Waals surface area (Å²) in [7, 11) is 3.65. The van der Waals surface area contributed by atoms with Gasteiger partial charge in [-0.15, -0.1) is 0 Å². The Morgan fingerprint density at radius 3 is 2.79 bits per heavy atom. The first-order valence-electron chi connectivity index (χ1n) is 9.83. The highest BCUT2D eigenvalue weighted by molar-refractivity contribution is 5.40. The number of ether oxygens (including phenoxy) is 2. The lowest BCUT2D eigenvalue weighted by Crippen LogP contribution is -2.49. The third kappa shape index (κ3) is 2.49. The lowest BCUT2D eigenvalue weighted by molar-refractivity contribution is -0.0730. The van der Waals surface area contributed by atoms with Gasteiger partial charge in [-0.2, -0.15) is 0 Å². The number of rotatable bonds is 3. The van der Waals surface area contributed by atoms with Crippen LogP contribution in [-0.4, -0.2) is 20.8 Å². The molecule has 0 aliphatic heterocycles. The molecular weight excluding hydrogens is 296 g/mol. The van der Waals surface area contributed by atoms with E-state index in [1.165, 1.54) is 44.9 Å². The molecule has 132 valence electrons. The first-order valence-corrected chi connectivity index (χ1v) is 9.83. The summed E-state index contributed by atoms with van der Waals surface area (Å²) in [5.74, 6) is 4.33. The molecule has 0 radical (unpaired) electrons. The van der Waals surface area contributed by atoms with E-state index >= 15 is 0 Å². The van der Waals surface area contributed by atoms with E-state index in [1.54, 1.807) is 18.2 Å². The Morgan fingerprint density at radius 2 is 2.00 bits per heavy atom. The fraction of sp³-hybridized carbons (Fsp3) is 0.727. The Hall–Kier alpha value is -1.02. The van der Waals surface area contributed by atoms with Gasteiger partial charge in [0.2, 0.25) is 0 Å². The number of fused-ring (bicyclic) bond motifs is 5. The molecule has 5 atom stereocenters. The van der Waals surface area contributed by atoms with Gasteiger partial charge in [0.15, 0.2) is 0 Å². The van der Waals surface area contributed by atoms with Crippen molar-refractivity contribution < 1.29 is 9.47 Å². The van der Waals surface area contributed by atoms with E-state index in [-0.39, 0.29) is 0 Å². The second kappa shape index (κ2) is 6.37. The zero-order chi connectivity index (χ0) is 16.7. The molecule has 0 bridgehead atoms. The van der Waals surface area contributed by atoms with Gasteiger partial charge in [-0.1, -0.05) is 19.4 Å². The first kappa shape index (κ1) is 16.4. The quantitative estimate of drug-likeness (QED) is 0.759. The van der Waals surface area contributed by atoms with Gasteiger partial charge in [0.1, 0.15) is 5.75 Å². The molecule has 1 aromatic carbocycles. The maximum Gasteiger partial charge on any atom is 0.119 e. The van der Waals surface area contributed by atoms with E-state index in [0.717, 1.165) is 36.0 Å². The van der Waals surface area contributed by atoms with Gasteiger partial charge >= 0.3 is 0 Å². The second-order valence-electron chi connectivity index (χ2n) is 8.61. The van der Waals surface area contributed by atoms with Crippen molar-refractivity contribution in [2.75, 3.05) is 20.8 Å². The van der Waals surface area contributed by atoms with E-state index < -0.39 is 0 Å². The van der Waals surface area contributed by atoms with Gasteiger partial charge in [-0.25, -0.2) is 0 Å². The van der Waals surface area contributed by atoms with Crippen LogP contribution in [0, 0.1) is 23.2 Å². The van der Waals surface area contributed by atoms with Crippen molar-refractivity contribution in [2.24, 2.45) is 23.2 Å². The van der Waals surface area contributed by atoms with Crippen LogP contribution in [0.4, 0.5) is 0 Å². The molecular formula is C22H32O2. The minimum atomic E-state index is 0.499. The lowest BCUT2D eigenvalue weighted by Gasteiger charge is -2.57. The summed E-state index contributed by atoms with van der Waals surface area (Å²) in [4.78, 5) is 0. The predicted molar refractivity (Wildman–Crippen MR) is 97.6 cm³/mol. The third-order valence-electron chi connectivity index (χ3n) is 7.74. The Kier molecular flexibility index (Phi) is 4.36. The summed E-state index contributed by atoms with van der Waals surface area (Å²) in [6.07, 6.45) is 9.53. The minimum absolute atomic E-state index is 0.499. The van der Waals surface area contributed by atoms with Crippen LogP contribution in [-0.2, 0) is 11.2 Å². The van der Waals surface area contributed by atoms with Crippen LogP contribution in [0.15, 0.2) is 18.2 Å². The topological polar surface area (TPSA) is 18.5 Å². The van der Waals surface area contributed by atoms with Crippen molar-refractivity contribution in [3.8, 4) is 5.75 Å². The molecule has 0 heterocycles. The van der Waals surface area contributed by atoms with Gasteiger partial charge in [0.05, 0.1) is 7.11 Å². The van der Waals surface area contributed by atoms with Gasteiger partial charge < -0.3 is 9.47 Å². The van der Waals surface area contributed by atoms with Crippen molar-refractivity contribution in [1.82, 2.24) is 0 Å². The standard InChI is InChI=1S/C22H32O2/c1-22-12-11-19-18-10-8-17(24-3)13-15(18)7-9-20(19)21(22)6-4-5-16(22)14-23-2/h8,10,13,16,19-21H,4-7,9,11-12,14H2,1-3H3. The van der Waals surface area contributed by atoms with Gasteiger partial charge in [-0.05, 0) is 90.9 Å². The van der Waals surface area contributed by atoms with Crippen molar-refractivity contribution in [1.29, 1.82) is 0 Å². The number of methoxy groups -OCH3 is 2. The monoisotopic (exact) mass is 328 g/mol. The average Bonchev–Trinajstić information content (AvgIpc) is 2.61. The van der Waals surface area contributed by atoms with Crippen LogP contribution in [0.3, 0.4) is 0 Å². The number of hydrogen-bond donors (Lipinski definition) is 0. The van der Waals surface area contributed by atoms with Crippen LogP contribution in [0.5, 0.6) is 5.75 Å². The number of benzene rings is 1. The minimum Gasteiger partial charge on any atom is -0.497 e. The lowest BCUT2D eigenvalue weighted by atomic mass is 9.48. The molecule has 1 aromatic rings. The third-order valence-corrected chi connectivity index (χ3v) is 7.74. The van der Waals surface area contributed by atoms with Crippen LogP contribution in [0.25, 0.3) is 0 Å². The molecule has 0 amide bonds. The summed E-state index contributed by atoms with van der Waals surface area (Å²) >= 11 is 0. The first-order chi connectivity index (χ1) is 11.7. The molecule has 2 nitrogen and oxygen atoms in total. The van der Waals surface area contributed by atoms with Crippen molar-refractivity contribution in [2.45, 2.75) is 57.8 Å². The Bertz CT molecular complexity index is 594. The zero-order valence-electron chi connectivity index (χ0n) is 15.5. The predicted octanol–water partition coefficient (Wildman–Crippen LogP) is 5.20. The van der Waals surface area contributed by atoms with Crippen molar-refractivity contribution >= 4 is 0 Å². The maximum absolute atomic E-state index is 5.60. The number of hydrogen-bond acceptors (Lipinski definition) is 2. The van der Waals surface area contributed by atoms with E-state index in [2.05, 4.69) is 25.1 Å². The molecule has 0 saturated heterocycles. The van der Waals surface area contributed by atoms with E-state index in [1.807, 2.05) is 7.11 Å². The molecule has 5 unspecified atom stereocenters. The van der Waals surface area contributed by atoms with Crippen LogP contribution in [0.2, 0.25) is 0 Å². The summed E-state index contributed by atoms with van der Waals surface area (Å²) < 4.78 is 11.0. The van der Waals surface area contributed by atoms with Crippen molar-refractivity contribution in [3.63, 3.8) is 0 Å². The SMILES string of the molecule is COCC1CCCC2C3CCc4cc(OC)ccc4C3CCC12C.